The lowest BCUT2D eigenvalue weighted by Gasteiger charge is -2.19. The van der Waals surface area contributed by atoms with Gasteiger partial charge in [0.1, 0.15) is 11.6 Å². The van der Waals surface area contributed by atoms with Crippen molar-refractivity contribution < 1.29 is 4.92 Å². The first-order valence-electron chi connectivity index (χ1n) is 5.05. The van der Waals surface area contributed by atoms with Gasteiger partial charge in [0.2, 0.25) is 0 Å². The van der Waals surface area contributed by atoms with Crippen LogP contribution in [0.4, 0.5) is 11.4 Å². The summed E-state index contributed by atoms with van der Waals surface area (Å²) < 4.78 is 0. The zero-order valence-corrected chi connectivity index (χ0v) is 9.73. The Bertz CT molecular complexity index is 471. The molecule has 0 atom stereocenters. The predicted molar refractivity (Wildman–Crippen MR) is 64.6 cm³/mol. The SMILES string of the molecule is CC(C)(N)CNc1ccc([N+](=O)[O-])c(C#N)c1. The third kappa shape index (κ3) is 3.74. The van der Waals surface area contributed by atoms with E-state index >= 15 is 0 Å². The monoisotopic (exact) mass is 234 g/mol. The lowest BCUT2D eigenvalue weighted by molar-refractivity contribution is -0.385. The second kappa shape index (κ2) is 4.80. The average Bonchev–Trinajstić information content (AvgIpc) is 2.24. The summed E-state index contributed by atoms with van der Waals surface area (Å²) in [5.74, 6) is 0. The molecule has 0 amide bonds. The van der Waals surface area contributed by atoms with Crippen LogP contribution in [0.1, 0.15) is 19.4 Å². The van der Waals surface area contributed by atoms with Crippen LogP contribution in [0.5, 0.6) is 0 Å². The molecule has 1 aromatic rings. The van der Waals surface area contributed by atoms with Crippen LogP contribution in [0.15, 0.2) is 18.2 Å². The van der Waals surface area contributed by atoms with Crippen molar-refractivity contribution in [1.82, 2.24) is 0 Å². The average molecular weight is 234 g/mol. The molecule has 6 nitrogen and oxygen atoms in total. The van der Waals surface area contributed by atoms with Crippen molar-refractivity contribution in [2.45, 2.75) is 19.4 Å². The van der Waals surface area contributed by atoms with Gasteiger partial charge in [-0.1, -0.05) is 0 Å². The van der Waals surface area contributed by atoms with Crippen LogP contribution in [0, 0.1) is 21.4 Å². The molecule has 0 aromatic heterocycles. The van der Waals surface area contributed by atoms with E-state index in [1.165, 1.54) is 12.1 Å². The number of nitriles is 1. The molecule has 0 unspecified atom stereocenters. The van der Waals surface area contributed by atoms with Gasteiger partial charge < -0.3 is 11.1 Å². The third-order valence-electron chi connectivity index (χ3n) is 2.06. The Morgan fingerprint density at radius 3 is 2.71 bits per heavy atom. The first-order valence-corrected chi connectivity index (χ1v) is 5.05. The quantitative estimate of drug-likeness (QED) is 0.608. The number of nitrogens with one attached hydrogen (secondary N) is 1. The van der Waals surface area contributed by atoms with Crippen molar-refractivity contribution in [2.75, 3.05) is 11.9 Å². The molecule has 0 aliphatic heterocycles. The first kappa shape index (κ1) is 12.9. The number of hydrogen-bond acceptors (Lipinski definition) is 5. The number of benzene rings is 1. The van der Waals surface area contributed by atoms with E-state index in [0.29, 0.717) is 12.2 Å². The van der Waals surface area contributed by atoms with E-state index in [2.05, 4.69) is 5.32 Å². The van der Waals surface area contributed by atoms with Crippen LogP contribution in [-0.4, -0.2) is 17.0 Å². The highest BCUT2D eigenvalue weighted by Gasteiger charge is 2.15. The molecule has 0 heterocycles. The molecule has 0 aliphatic rings. The van der Waals surface area contributed by atoms with Gasteiger partial charge in [-0.15, -0.1) is 0 Å². The van der Waals surface area contributed by atoms with Gasteiger partial charge in [0, 0.05) is 23.8 Å². The van der Waals surface area contributed by atoms with E-state index in [1.807, 2.05) is 13.8 Å². The Morgan fingerprint density at radius 1 is 1.59 bits per heavy atom. The number of nitro benzene ring substituents is 1. The topological polar surface area (TPSA) is 105 Å². The van der Waals surface area contributed by atoms with Gasteiger partial charge in [0.15, 0.2) is 0 Å². The Kier molecular flexibility index (Phi) is 3.66. The number of anilines is 1. The number of nitrogens with zero attached hydrogens (tertiary/aromatic N) is 2. The number of rotatable bonds is 4. The van der Waals surface area contributed by atoms with Crippen LogP contribution in [0.2, 0.25) is 0 Å². The lowest BCUT2D eigenvalue weighted by Crippen LogP contribution is -2.39. The zero-order chi connectivity index (χ0) is 13.1. The maximum absolute atomic E-state index is 10.6. The Balaban J connectivity index is 2.92. The van der Waals surface area contributed by atoms with Gasteiger partial charge in [0.25, 0.3) is 5.69 Å². The van der Waals surface area contributed by atoms with Crippen LogP contribution in [0.3, 0.4) is 0 Å². The van der Waals surface area contributed by atoms with Gasteiger partial charge >= 0.3 is 0 Å². The van der Waals surface area contributed by atoms with E-state index in [1.54, 1.807) is 12.1 Å². The fourth-order valence-electron chi connectivity index (χ4n) is 1.22. The molecule has 0 fully saturated rings. The van der Waals surface area contributed by atoms with E-state index < -0.39 is 10.5 Å². The second-order valence-corrected chi connectivity index (χ2v) is 4.44. The molecule has 90 valence electrons. The highest BCUT2D eigenvalue weighted by atomic mass is 16.6. The molecule has 3 N–H and O–H groups in total. The molecule has 1 rings (SSSR count). The molecule has 0 bridgehead atoms. The molecule has 0 radical (unpaired) electrons. The zero-order valence-electron chi connectivity index (χ0n) is 9.73. The van der Waals surface area contributed by atoms with Crippen molar-refractivity contribution in [3.63, 3.8) is 0 Å². The highest BCUT2D eigenvalue weighted by Crippen LogP contribution is 2.21. The summed E-state index contributed by atoms with van der Waals surface area (Å²) in [6.07, 6.45) is 0. The number of hydrogen-bond donors (Lipinski definition) is 2. The molecule has 0 spiro atoms. The van der Waals surface area contributed by atoms with E-state index in [4.69, 9.17) is 11.0 Å². The van der Waals surface area contributed by atoms with Crippen molar-refractivity contribution in [1.29, 1.82) is 5.26 Å². The van der Waals surface area contributed by atoms with Crippen molar-refractivity contribution in [2.24, 2.45) is 5.73 Å². The molecular formula is C11H14N4O2. The van der Waals surface area contributed by atoms with Gasteiger partial charge in [-0.3, -0.25) is 10.1 Å². The van der Waals surface area contributed by atoms with E-state index in [9.17, 15) is 10.1 Å². The van der Waals surface area contributed by atoms with Crippen molar-refractivity contribution in [3.8, 4) is 6.07 Å². The minimum atomic E-state index is -0.574. The fourth-order valence-corrected chi connectivity index (χ4v) is 1.22. The summed E-state index contributed by atoms with van der Waals surface area (Å²) in [5, 5.41) is 22.5. The molecular weight excluding hydrogens is 220 g/mol. The number of nitro groups is 1. The normalized spacial score (nSPS) is 10.7. The van der Waals surface area contributed by atoms with Gasteiger partial charge in [0.05, 0.1) is 4.92 Å². The van der Waals surface area contributed by atoms with Crippen molar-refractivity contribution >= 4 is 11.4 Å². The Morgan fingerprint density at radius 2 is 2.24 bits per heavy atom. The molecule has 0 aliphatic carbocycles. The second-order valence-electron chi connectivity index (χ2n) is 4.44. The predicted octanol–water partition coefficient (Wildman–Crippen LogP) is 1.62. The lowest BCUT2D eigenvalue weighted by atomic mass is 10.1. The molecule has 17 heavy (non-hydrogen) atoms. The Labute approximate surface area is 99.2 Å². The van der Waals surface area contributed by atoms with Crippen LogP contribution < -0.4 is 11.1 Å². The molecule has 0 saturated carbocycles. The molecule has 6 heteroatoms. The van der Waals surface area contributed by atoms with Crippen molar-refractivity contribution in [3.05, 3.63) is 33.9 Å². The molecule has 1 aromatic carbocycles. The van der Waals surface area contributed by atoms with Gasteiger partial charge in [-0.25, -0.2) is 0 Å². The minimum Gasteiger partial charge on any atom is -0.383 e. The van der Waals surface area contributed by atoms with Crippen LogP contribution in [-0.2, 0) is 0 Å². The van der Waals surface area contributed by atoms with Crippen LogP contribution in [0.25, 0.3) is 0 Å². The third-order valence-corrected chi connectivity index (χ3v) is 2.06. The first-order chi connectivity index (χ1) is 7.83. The summed E-state index contributed by atoms with van der Waals surface area (Å²) in [4.78, 5) is 10.0. The Hall–Kier alpha value is -2.13. The minimum absolute atomic E-state index is 0.0369. The van der Waals surface area contributed by atoms with E-state index in [0.717, 1.165) is 0 Å². The largest absolute Gasteiger partial charge is 0.383 e. The smallest absolute Gasteiger partial charge is 0.287 e. The summed E-state index contributed by atoms with van der Waals surface area (Å²) in [6.45, 7) is 4.23. The number of nitrogens with two attached hydrogens (primary N) is 1. The highest BCUT2D eigenvalue weighted by molar-refractivity contribution is 5.58. The van der Waals surface area contributed by atoms with Gasteiger partial charge in [-0.05, 0) is 26.0 Å². The fraction of sp³-hybridized carbons (Fsp3) is 0.364. The molecule has 0 saturated heterocycles. The summed E-state index contributed by atoms with van der Waals surface area (Å²) >= 11 is 0. The van der Waals surface area contributed by atoms with E-state index in [-0.39, 0.29) is 11.3 Å². The summed E-state index contributed by atoms with van der Waals surface area (Å²) in [6, 6.07) is 6.12. The summed E-state index contributed by atoms with van der Waals surface area (Å²) in [7, 11) is 0. The maximum Gasteiger partial charge on any atom is 0.287 e. The van der Waals surface area contributed by atoms with Crippen LogP contribution >= 0.6 is 0 Å². The summed E-state index contributed by atoms with van der Waals surface area (Å²) in [5.41, 5.74) is 5.89. The standard InChI is InChI=1S/C11H14N4O2/c1-11(2,13)7-14-9-3-4-10(15(16)17)8(5-9)6-12/h3-5,14H,7,13H2,1-2H3. The maximum atomic E-state index is 10.6. The van der Waals surface area contributed by atoms with Gasteiger partial charge in [-0.2, -0.15) is 5.26 Å².